The van der Waals surface area contributed by atoms with Crippen LogP contribution in [0.25, 0.3) is 10.4 Å². The minimum atomic E-state index is -0.193. The molecule has 5 nitrogen and oxygen atoms in total. The molecule has 1 aliphatic rings. The number of likely N-dealkylation sites (tertiary alicyclic amines) is 1. The van der Waals surface area contributed by atoms with Gasteiger partial charge in [-0.1, -0.05) is 58.9 Å². The molecule has 0 amide bonds. The Labute approximate surface area is 158 Å². The number of benzene rings is 2. The van der Waals surface area contributed by atoms with Crippen LogP contribution in [0.1, 0.15) is 11.1 Å². The van der Waals surface area contributed by atoms with Crippen molar-refractivity contribution < 1.29 is 4.74 Å². The molecular weight excluding hydrogens is 348 g/mol. The highest BCUT2D eigenvalue weighted by Gasteiger charge is 2.32. The topological polar surface area (TPSA) is 61.2 Å². The first kappa shape index (κ1) is 18.3. The Balaban J connectivity index is 1.55. The van der Waals surface area contributed by atoms with Crippen LogP contribution in [0.15, 0.2) is 59.7 Å². The summed E-state index contributed by atoms with van der Waals surface area (Å²) < 4.78 is 5.88. The van der Waals surface area contributed by atoms with Gasteiger partial charge in [-0.2, -0.15) is 0 Å². The molecule has 0 radical (unpaired) electrons. The van der Waals surface area contributed by atoms with Crippen LogP contribution < -0.4 is 0 Å². The summed E-state index contributed by atoms with van der Waals surface area (Å²) in [4.78, 5) is 5.21. The van der Waals surface area contributed by atoms with Gasteiger partial charge in [-0.05, 0) is 35.4 Å². The molecule has 0 bridgehead atoms. The van der Waals surface area contributed by atoms with Crippen LogP contribution in [0.3, 0.4) is 0 Å². The van der Waals surface area contributed by atoms with Gasteiger partial charge in [0.05, 0.1) is 12.1 Å². The van der Waals surface area contributed by atoms with Crippen molar-refractivity contribution in [2.75, 3.05) is 19.7 Å². The molecule has 1 saturated heterocycles. The first-order valence-corrected chi connectivity index (χ1v) is 8.79. The lowest BCUT2D eigenvalue weighted by molar-refractivity contribution is 0.0742. The molecule has 1 heterocycles. The molecule has 0 spiro atoms. The van der Waals surface area contributed by atoms with Gasteiger partial charge in [0.1, 0.15) is 6.61 Å². The van der Waals surface area contributed by atoms with Gasteiger partial charge in [0.2, 0.25) is 0 Å². The van der Waals surface area contributed by atoms with Crippen molar-refractivity contribution in [1.29, 1.82) is 0 Å². The van der Waals surface area contributed by atoms with Gasteiger partial charge < -0.3 is 4.74 Å². The van der Waals surface area contributed by atoms with E-state index in [1.165, 1.54) is 5.56 Å². The molecule has 132 valence electrons. The predicted octanol–water partition coefficient (Wildman–Crippen LogP) is 4.27. The Morgan fingerprint density at radius 2 is 1.92 bits per heavy atom. The van der Waals surface area contributed by atoms with E-state index in [1.54, 1.807) is 0 Å². The SMILES string of the molecule is [N-]=[N+]=NC1CN(Cc2ccccc2)CC1OCC#Cc1ccc(Cl)cc1. The summed E-state index contributed by atoms with van der Waals surface area (Å²) in [6.45, 7) is 2.52. The Bertz CT molecular complexity index is 822. The fourth-order valence-corrected chi connectivity index (χ4v) is 3.09. The van der Waals surface area contributed by atoms with E-state index in [0.29, 0.717) is 18.2 Å². The van der Waals surface area contributed by atoms with Crippen molar-refractivity contribution in [3.63, 3.8) is 0 Å². The smallest absolute Gasteiger partial charge is 0.108 e. The number of nitrogens with zero attached hydrogens (tertiary/aromatic N) is 4. The Morgan fingerprint density at radius 1 is 1.15 bits per heavy atom. The standard InChI is InChI=1S/C20H19ClN4O/c21-18-10-8-16(9-11-18)7-4-12-26-20-15-25(14-19(20)23-24-22)13-17-5-2-1-3-6-17/h1-3,5-6,8-11,19-20H,12-15H2. The van der Waals surface area contributed by atoms with Gasteiger partial charge in [0, 0.05) is 35.1 Å². The highest BCUT2D eigenvalue weighted by atomic mass is 35.5. The highest BCUT2D eigenvalue weighted by Crippen LogP contribution is 2.19. The van der Waals surface area contributed by atoms with Crippen LogP contribution in [0.5, 0.6) is 0 Å². The van der Waals surface area contributed by atoms with Gasteiger partial charge in [0.25, 0.3) is 0 Å². The zero-order valence-corrected chi connectivity index (χ0v) is 15.0. The van der Waals surface area contributed by atoms with Crippen LogP contribution in [0, 0.1) is 11.8 Å². The number of halogens is 1. The predicted molar refractivity (Wildman–Crippen MR) is 103 cm³/mol. The lowest BCUT2D eigenvalue weighted by Crippen LogP contribution is -2.25. The number of azide groups is 1. The third-order valence-corrected chi connectivity index (χ3v) is 4.46. The van der Waals surface area contributed by atoms with Crippen LogP contribution >= 0.6 is 11.6 Å². The second-order valence-electron chi connectivity index (χ2n) is 6.11. The molecule has 0 aliphatic carbocycles. The number of hydrogen-bond donors (Lipinski definition) is 0. The van der Waals surface area contributed by atoms with Gasteiger partial charge >= 0.3 is 0 Å². The molecule has 0 saturated carbocycles. The number of rotatable bonds is 5. The zero-order chi connectivity index (χ0) is 18.2. The first-order valence-electron chi connectivity index (χ1n) is 8.41. The molecule has 6 heteroatoms. The molecule has 0 aromatic heterocycles. The Hall–Kier alpha value is -2.48. The van der Waals surface area contributed by atoms with Crippen LogP contribution in [0.4, 0.5) is 0 Å². The molecule has 1 fully saturated rings. The van der Waals surface area contributed by atoms with Crippen LogP contribution in [-0.2, 0) is 11.3 Å². The lowest BCUT2D eigenvalue weighted by Gasteiger charge is -2.15. The number of ether oxygens (including phenoxy) is 1. The zero-order valence-electron chi connectivity index (χ0n) is 14.3. The average Bonchev–Trinajstić information content (AvgIpc) is 3.03. The monoisotopic (exact) mass is 366 g/mol. The summed E-state index contributed by atoms with van der Waals surface area (Å²) in [5.41, 5.74) is 10.9. The summed E-state index contributed by atoms with van der Waals surface area (Å²) in [5.74, 6) is 6.05. The first-order chi connectivity index (χ1) is 12.7. The third-order valence-electron chi connectivity index (χ3n) is 4.21. The van der Waals surface area contributed by atoms with Crippen LogP contribution in [-0.4, -0.2) is 36.7 Å². The third kappa shape index (κ3) is 5.26. The van der Waals surface area contributed by atoms with Crippen molar-refractivity contribution in [3.8, 4) is 11.8 Å². The second-order valence-corrected chi connectivity index (χ2v) is 6.55. The quantitative estimate of drug-likeness (QED) is 0.343. The fourth-order valence-electron chi connectivity index (χ4n) is 2.96. The van der Waals surface area contributed by atoms with E-state index in [9.17, 15) is 0 Å². The minimum absolute atomic E-state index is 0.144. The maximum absolute atomic E-state index is 8.81. The molecule has 2 atom stereocenters. The van der Waals surface area contributed by atoms with Gasteiger partial charge in [0.15, 0.2) is 0 Å². The maximum Gasteiger partial charge on any atom is 0.108 e. The molecular formula is C20H19ClN4O. The van der Waals surface area contributed by atoms with Crippen molar-refractivity contribution in [3.05, 3.63) is 81.2 Å². The van der Waals surface area contributed by atoms with Gasteiger partial charge in [-0.25, -0.2) is 0 Å². The maximum atomic E-state index is 8.81. The molecule has 0 N–H and O–H groups in total. The van der Waals surface area contributed by atoms with E-state index in [4.69, 9.17) is 21.9 Å². The van der Waals surface area contributed by atoms with E-state index < -0.39 is 0 Å². The van der Waals surface area contributed by atoms with E-state index in [1.807, 2.05) is 42.5 Å². The van der Waals surface area contributed by atoms with E-state index in [2.05, 4.69) is 38.9 Å². The second kappa shape index (κ2) is 9.28. The van der Waals surface area contributed by atoms with Crippen molar-refractivity contribution in [1.82, 2.24) is 4.90 Å². The summed E-state index contributed by atoms with van der Waals surface area (Å²) in [7, 11) is 0. The summed E-state index contributed by atoms with van der Waals surface area (Å²) >= 11 is 5.86. The van der Waals surface area contributed by atoms with Crippen molar-refractivity contribution in [2.24, 2.45) is 5.11 Å². The summed E-state index contributed by atoms with van der Waals surface area (Å²) in [6, 6.07) is 17.4. The lowest BCUT2D eigenvalue weighted by atomic mass is 10.2. The Morgan fingerprint density at radius 3 is 2.65 bits per heavy atom. The highest BCUT2D eigenvalue weighted by molar-refractivity contribution is 6.30. The van der Waals surface area contributed by atoms with E-state index in [-0.39, 0.29) is 12.1 Å². The van der Waals surface area contributed by atoms with Gasteiger partial charge in [-0.3, -0.25) is 4.90 Å². The molecule has 1 aliphatic heterocycles. The number of hydrogen-bond acceptors (Lipinski definition) is 3. The summed E-state index contributed by atoms with van der Waals surface area (Å²) in [5, 5.41) is 4.58. The van der Waals surface area contributed by atoms with Crippen LogP contribution in [0.2, 0.25) is 5.02 Å². The molecule has 3 rings (SSSR count). The van der Waals surface area contributed by atoms with E-state index >= 15 is 0 Å². The fraction of sp³-hybridized carbons (Fsp3) is 0.300. The molecule has 26 heavy (non-hydrogen) atoms. The summed E-state index contributed by atoms with van der Waals surface area (Å²) in [6.07, 6.45) is -0.144. The molecule has 2 aromatic carbocycles. The molecule has 2 aromatic rings. The molecule has 2 unspecified atom stereocenters. The van der Waals surface area contributed by atoms with Crippen molar-refractivity contribution >= 4 is 11.6 Å². The Kier molecular flexibility index (Phi) is 6.54. The largest absolute Gasteiger partial charge is 0.364 e. The minimum Gasteiger partial charge on any atom is -0.364 e. The van der Waals surface area contributed by atoms with E-state index in [0.717, 1.165) is 18.7 Å². The average molecular weight is 367 g/mol. The van der Waals surface area contributed by atoms with Crippen molar-refractivity contribution in [2.45, 2.75) is 18.7 Å². The normalized spacial score (nSPS) is 19.4. The van der Waals surface area contributed by atoms with Gasteiger partial charge in [-0.15, -0.1) is 0 Å².